The molecule has 0 aromatic heterocycles. The molecule has 0 spiro atoms. The number of aromatic hydroxyl groups is 1. The fraction of sp³-hybridized carbons (Fsp3) is 0. The van der Waals surface area contributed by atoms with E-state index in [4.69, 9.17) is 0 Å². The number of rotatable bonds is 2. The topological polar surface area (TPSA) is 20.2 Å². The zero-order valence-electron chi connectivity index (χ0n) is 12.5. The summed E-state index contributed by atoms with van der Waals surface area (Å²) in [6, 6.07) is 25.7. The molecule has 3 aromatic carbocycles. The van der Waals surface area contributed by atoms with Crippen molar-refractivity contribution in [2.45, 2.75) is 0 Å². The van der Waals surface area contributed by atoms with Gasteiger partial charge in [-0.15, -0.1) is 0 Å². The molecule has 3 aromatic rings. The maximum atomic E-state index is 10.5. The van der Waals surface area contributed by atoms with Crippen LogP contribution in [0, 0.1) is 0 Å². The molecule has 94 valence electrons. The molecule has 0 radical (unpaired) electrons. The summed E-state index contributed by atoms with van der Waals surface area (Å²) in [7, 11) is 0. The van der Waals surface area contributed by atoms with Gasteiger partial charge in [-0.1, -0.05) is 78.9 Å². The van der Waals surface area contributed by atoms with Crippen LogP contribution in [-0.4, -0.2) is 5.11 Å². The van der Waals surface area contributed by atoms with E-state index in [-0.39, 0.29) is 20.3 Å². The molecule has 0 fully saturated rings. The van der Waals surface area contributed by atoms with Crippen LogP contribution in [0.3, 0.4) is 0 Å². The van der Waals surface area contributed by atoms with Crippen LogP contribution in [0.2, 0.25) is 0 Å². The van der Waals surface area contributed by atoms with Crippen LogP contribution in [0.5, 0.6) is 5.75 Å². The zero-order valence-corrected chi connectivity index (χ0v) is 11.5. The predicted octanol–water partition coefficient (Wildman–Crippen LogP) is 1.84. The first-order chi connectivity index (χ1) is 9.36. The standard InChI is InChI=1S/C18H14O.Li.H/c19-18-16(14-8-3-1-4-9-14)12-7-13-17(18)15-10-5-2-6-11-15;;/h1-13,19H;;/q;+1;-1. The van der Waals surface area contributed by atoms with Crippen LogP contribution in [0.4, 0.5) is 0 Å². The van der Waals surface area contributed by atoms with Gasteiger partial charge in [0.2, 0.25) is 0 Å². The van der Waals surface area contributed by atoms with Gasteiger partial charge in [0.05, 0.1) is 0 Å². The molecule has 0 amide bonds. The van der Waals surface area contributed by atoms with Crippen LogP contribution in [-0.2, 0) is 0 Å². The van der Waals surface area contributed by atoms with Gasteiger partial charge in [0.1, 0.15) is 5.75 Å². The second-order valence-electron chi connectivity index (χ2n) is 4.43. The number of phenols is 1. The number of para-hydroxylation sites is 1. The number of phenolic OH excluding ortho intramolecular Hbond substituents is 1. The van der Waals surface area contributed by atoms with Crippen LogP contribution < -0.4 is 18.9 Å². The monoisotopic (exact) mass is 254 g/mol. The molecule has 2 heteroatoms. The zero-order chi connectivity index (χ0) is 13.1. The van der Waals surface area contributed by atoms with Gasteiger partial charge in [0.25, 0.3) is 0 Å². The third kappa shape index (κ3) is 2.80. The smallest absolute Gasteiger partial charge is 1.00 e. The Morgan fingerprint density at radius 2 is 0.950 bits per heavy atom. The van der Waals surface area contributed by atoms with Gasteiger partial charge in [0.15, 0.2) is 0 Å². The van der Waals surface area contributed by atoms with E-state index >= 15 is 0 Å². The molecule has 0 saturated carbocycles. The molecule has 1 nitrogen and oxygen atoms in total. The van der Waals surface area contributed by atoms with Crippen molar-refractivity contribution in [2.75, 3.05) is 0 Å². The summed E-state index contributed by atoms with van der Waals surface area (Å²) in [5.41, 5.74) is 3.78. The van der Waals surface area contributed by atoms with Crippen molar-refractivity contribution in [1.29, 1.82) is 0 Å². The quantitative estimate of drug-likeness (QED) is 0.692. The van der Waals surface area contributed by atoms with Crippen LogP contribution in [0.15, 0.2) is 78.9 Å². The summed E-state index contributed by atoms with van der Waals surface area (Å²) in [4.78, 5) is 0. The Balaban J connectivity index is 0.00000110. The Kier molecular flexibility index (Phi) is 4.69. The fourth-order valence-electron chi connectivity index (χ4n) is 2.24. The van der Waals surface area contributed by atoms with Crippen LogP contribution in [0.25, 0.3) is 22.3 Å². The Morgan fingerprint density at radius 3 is 1.35 bits per heavy atom. The normalized spacial score (nSPS) is 9.80. The molecule has 0 aliphatic rings. The largest absolute Gasteiger partial charge is 1.00 e. The minimum absolute atomic E-state index is 0. The number of hydrogen-bond acceptors (Lipinski definition) is 1. The molecule has 0 saturated heterocycles. The minimum Gasteiger partial charge on any atom is -1.00 e. The van der Waals surface area contributed by atoms with Crippen molar-refractivity contribution in [3.63, 3.8) is 0 Å². The first kappa shape index (κ1) is 14.5. The maximum absolute atomic E-state index is 10.5. The summed E-state index contributed by atoms with van der Waals surface area (Å²) in [5.74, 6) is 0.333. The SMILES string of the molecule is Oc1c(-c2ccccc2)cccc1-c1ccccc1.[H-].[Li+]. The van der Waals surface area contributed by atoms with E-state index in [2.05, 4.69) is 0 Å². The molecule has 0 aliphatic carbocycles. The summed E-state index contributed by atoms with van der Waals surface area (Å²) in [5, 5.41) is 10.5. The minimum atomic E-state index is 0. The number of benzene rings is 3. The Hall–Kier alpha value is -1.94. The fourth-order valence-corrected chi connectivity index (χ4v) is 2.24. The molecule has 20 heavy (non-hydrogen) atoms. The molecule has 0 unspecified atom stereocenters. The van der Waals surface area contributed by atoms with Crippen molar-refractivity contribution in [1.82, 2.24) is 0 Å². The van der Waals surface area contributed by atoms with Crippen molar-refractivity contribution < 1.29 is 25.4 Å². The van der Waals surface area contributed by atoms with E-state index in [0.717, 1.165) is 22.3 Å². The second kappa shape index (κ2) is 6.48. The van der Waals surface area contributed by atoms with Crippen LogP contribution in [0.1, 0.15) is 1.43 Å². The van der Waals surface area contributed by atoms with Gasteiger partial charge in [0, 0.05) is 11.1 Å². The van der Waals surface area contributed by atoms with E-state index in [1.807, 2.05) is 78.9 Å². The molecular weight excluding hydrogens is 239 g/mol. The van der Waals surface area contributed by atoms with Gasteiger partial charge < -0.3 is 6.53 Å². The Morgan fingerprint density at radius 1 is 0.550 bits per heavy atom. The predicted molar refractivity (Wildman–Crippen MR) is 80.1 cm³/mol. The average Bonchev–Trinajstić information content (AvgIpc) is 2.49. The van der Waals surface area contributed by atoms with Crippen molar-refractivity contribution in [2.24, 2.45) is 0 Å². The van der Waals surface area contributed by atoms with Gasteiger partial charge >= 0.3 is 18.9 Å². The molecule has 0 aliphatic heterocycles. The molecule has 0 bridgehead atoms. The molecule has 3 rings (SSSR count). The van der Waals surface area contributed by atoms with Gasteiger partial charge in [-0.3, -0.25) is 0 Å². The van der Waals surface area contributed by atoms with E-state index in [0.29, 0.717) is 5.75 Å². The molecule has 0 heterocycles. The van der Waals surface area contributed by atoms with Crippen LogP contribution >= 0.6 is 0 Å². The van der Waals surface area contributed by atoms with E-state index < -0.39 is 0 Å². The van der Waals surface area contributed by atoms with Gasteiger partial charge in [-0.2, -0.15) is 0 Å². The summed E-state index contributed by atoms with van der Waals surface area (Å²) >= 11 is 0. The van der Waals surface area contributed by atoms with E-state index in [1.165, 1.54) is 0 Å². The average molecular weight is 254 g/mol. The van der Waals surface area contributed by atoms with Crippen molar-refractivity contribution in [3.8, 4) is 28.0 Å². The van der Waals surface area contributed by atoms with E-state index in [9.17, 15) is 5.11 Å². The Labute approximate surface area is 132 Å². The molecule has 1 N–H and O–H groups in total. The first-order valence-electron chi connectivity index (χ1n) is 6.29. The summed E-state index contributed by atoms with van der Waals surface area (Å²) in [6.45, 7) is 0. The molecular formula is C18H15LiO. The molecule has 0 atom stereocenters. The summed E-state index contributed by atoms with van der Waals surface area (Å²) < 4.78 is 0. The second-order valence-corrected chi connectivity index (χ2v) is 4.43. The van der Waals surface area contributed by atoms with Crippen molar-refractivity contribution >= 4 is 0 Å². The third-order valence-corrected chi connectivity index (χ3v) is 3.21. The first-order valence-corrected chi connectivity index (χ1v) is 6.29. The van der Waals surface area contributed by atoms with E-state index in [1.54, 1.807) is 0 Å². The maximum Gasteiger partial charge on any atom is 1.00 e. The van der Waals surface area contributed by atoms with Gasteiger partial charge in [-0.05, 0) is 11.1 Å². The summed E-state index contributed by atoms with van der Waals surface area (Å²) in [6.07, 6.45) is 0. The van der Waals surface area contributed by atoms with Gasteiger partial charge in [-0.25, -0.2) is 0 Å². The number of hydrogen-bond donors (Lipinski definition) is 1. The van der Waals surface area contributed by atoms with Crippen molar-refractivity contribution in [3.05, 3.63) is 78.9 Å². The third-order valence-electron chi connectivity index (χ3n) is 3.21. The Bertz CT molecular complexity index is 626.